The van der Waals surface area contributed by atoms with Crippen LogP contribution in [0.1, 0.15) is 11.1 Å². The van der Waals surface area contributed by atoms with Crippen molar-refractivity contribution in [3.8, 4) is 0 Å². The van der Waals surface area contributed by atoms with E-state index in [1.165, 1.54) is 6.08 Å². The van der Waals surface area contributed by atoms with Crippen LogP contribution < -0.4 is 5.32 Å². The molecule has 2 rings (SSSR count). The van der Waals surface area contributed by atoms with Crippen LogP contribution in [0.3, 0.4) is 0 Å². The van der Waals surface area contributed by atoms with Crippen LogP contribution in [0.5, 0.6) is 0 Å². The molecule has 0 bridgehead atoms. The van der Waals surface area contributed by atoms with Crippen LogP contribution >= 0.6 is 15.9 Å². The Bertz CT molecular complexity index is 578. The van der Waals surface area contributed by atoms with Gasteiger partial charge in [0.05, 0.1) is 0 Å². The van der Waals surface area contributed by atoms with E-state index in [1.807, 2.05) is 54.6 Å². The molecule has 0 radical (unpaired) electrons. The third-order valence-electron chi connectivity index (χ3n) is 2.58. The molecule has 0 atom stereocenters. The molecule has 3 heteroatoms. The Morgan fingerprint density at radius 2 is 1.89 bits per heavy atom. The van der Waals surface area contributed by atoms with Crippen LogP contribution in [-0.2, 0) is 10.1 Å². The summed E-state index contributed by atoms with van der Waals surface area (Å²) in [5.41, 5.74) is 2.94. The number of nitrogens with one attached hydrogen (secondary N) is 1. The predicted octanol–water partition coefficient (Wildman–Crippen LogP) is 4.23. The van der Waals surface area contributed by atoms with E-state index in [0.717, 1.165) is 22.1 Å². The highest BCUT2D eigenvalue weighted by molar-refractivity contribution is 9.08. The van der Waals surface area contributed by atoms with Gasteiger partial charge in [0.1, 0.15) is 0 Å². The molecule has 0 aliphatic rings. The van der Waals surface area contributed by atoms with Crippen molar-refractivity contribution in [2.24, 2.45) is 0 Å². The van der Waals surface area contributed by atoms with Gasteiger partial charge in [-0.25, -0.2) is 0 Å². The fraction of sp³-hybridized carbons (Fsp3) is 0.0625. The first-order valence-corrected chi connectivity index (χ1v) is 7.09. The van der Waals surface area contributed by atoms with E-state index in [9.17, 15) is 4.79 Å². The average molecular weight is 316 g/mol. The summed E-state index contributed by atoms with van der Waals surface area (Å²) < 4.78 is 0. The van der Waals surface area contributed by atoms with Crippen LogP contribution in [-0.4, -0.2) is 5.91 Å². The fourth-order valence-corrected chi connectivity index (χ4v) is 2.00. The van der Waals surface area contributed by atoms with Gasteiger partial charge in [-0.2, -0.15) is 0 Å². The summed E-state index contributed by atoms with van der Waals surface area (Å²) in [7, 11) is 0. The molecule has 0 aliphatic carbocycles. The highest BCUT2D eigenvalue weighted by atomic mass is 79.9. The summed E-state index contributed by atoms with van der Waals surface area (Å²) in [6.07, 6.45) is 3.33. The van der Waals surface area contributed by atoms with E-state index in [1.54, 1.807) is 6.08 Å². The van der Waals surface area contributed by atoms with Crippen molar-refractivity contribution in [3.05, 3.63) is 71.8 Å². The maximum Gasteiger partial charge on any atom is 0.248 e. The van der Waals surface area contributed by atoms with Crippen molar-refractivity contribution in [1.29, 1.82) is 0 Å². The number of anilines is 1. The zero-order chi connectivity index (χ0) is 13.5. The van der Waals surface area contributed by atoms with Gasteiger partial charge in [0.2, 0.25) is 5.91 Å². The quantitative estimate of drug-likeness (QED) is 0.663. The lowest BCUT2D eigenvalue weighted by Crippen LogP contribution is -2.07. The molecule has 96 valence electrons. The smallest absolute Gasteiger partial charge is 0.248 e. The predicted molar refractivity (Wildman–Crippen MR) is 83.2 cm³/mol. The summed E-state index contributed by atoms with van der Waals surface area (Å²) >= 11 is 3.39. The maximum atomic E-state index is 11.8. The minimum Gasteiger partial charge on any atom is -0.323 e. The molecular weight excluding hydrogens is 302 g/mol. The molecule has 0 fully saturated rings. The maximum absolute atomic E-state index is 11.8. The summed E-state index contributed by atoms with van der Waals surface area (Å²) in [4.78, 5) is 11.8. The number of carbonyl (C=O) groups excluding carboxylic acids is 1. The Morgan fingerprint density at radius 3 is 2.63 bits per heavy atom. The molecule has 0 aromatic heterocycles. The monoisotopic (exact) mass is 315 g/mol. The fourth-order valence-electron chi connectivity index (χ4n) is 1.65. The zero-order valence-electron chi connectivity index (χ0n) is 10.3. The van der Waals surface area contributed by atoms with Crippen LogP contribution in [0.15, 0.2) is 60.7 Å². The van der Waals surface area contributed by atoms with Gasteiger partial charge in [-0.3, -0.25) is 4.79 Å². The zero-order valence-corrected chi connectivity index (χ0v) is 11.9. The molecule has 2 aromatic carbocycles. The SMILES string of the molecule is O=C(/C=C/c1ccccc1)Nc1cccc(CBr)c1. The molecule has 1 amide bonds. The summed E-state index contributed by atoms with van der Waals surface area (Å²) in [5.74, 6) is -0.129. The molecule has 0 saturated carbocycles. The Morgan fingerprint density at radius 1 is 1.11 bits per heavy atom. The third kappa shape index (κ3) is 4.38. The van der Waals surface area contributed by atoms with Crippen molar-refractivity contribution in [2.75, 3.05) is 5.32 Å². The molecule has 1 N–H and O–H groups in total. The van der Waals surface area contributed by atoms with Gasteiger partial charge < -0.3 is 5.32 Å². The van der Waals surface area contributed by atoms with Crippen LogP contribution in [0.4, 0.5) is 5.69 Å². The second kappa shape index (κ2) is 6.90. The van der Waals surface area contributed by atoms with Crippen molar-refractivity contribution in [1.82, 2.24) is 0 Å². The molecule has 0 saturated heterocycles. The average Bonchev–Trinajstić information content (AvgIpc) is 2.46. The molecule has 0 heterocycles. The highest BCUT2D eigenvalue weighted by Crippen LogP contribution is 2.13. The van der Waals surface area contributed by atoms with E-state index in [-0.39, 0.29) is 5.91 Å². The van der Waals surface area contributed by atoms with Crippen LogP contribution in [0, 0.1) is 0 Å². The van der Waals surface area contributed by atoms with E-state index in [2.05, 4.69) is 21.2 Å². The largest absolute Gasteiger partial charge is 0.323 e. The standard InChI is InChI=1S/C16H14BrNO/c17-12-14-7-4-8-15(11-14)18-16(19)10-9-13-5-2-1-3-6-13/h1-11H,12H2,(H,18,19)/b10-9+. The van der Waals surface area contributed by atoms with Gasteiger partial charge in [-0.1, -0.05) is 58.4 Å². The lowest BCUT2D eigenvalue weighted by Gasteiger charge is -2.03. The van der Waals surface area contributed by atoms with Gasteiger partial charge in [-0.15, -0.1) is 0 Å². The second-order valence-electron chi connectivity index (χ2n) is 4.07. The number of halogens is 1. The topological polar surface area (TPSA) is 29.1 Å². The molecule has 2 aromatic rings. The first kappa shape index (κ1) is 13.6. The third-order valence-corrected chi connectivity index (χ3v) is 3.22. The van der Waals surface area contributed by atoms with E-state index in [4.69, 9.17) is 0 Å². The van der Waals surface area contributed by atoms with Gasteiger partial charge >= 0.3 is 0 Å². The number of rotatable bonds is 4. The molecule has 0 unspecified atom stereocenters. The molecular formula is C16H14BrNO. The number of benzene rings is 2. The lowest BCUT2D eigenvalue weighted by atomic mass is 10.2. The molecule has 0 aliphatic heterocycles. The number of amides is 1. The highest BCUT2D eigenvalue weighted by Gasteiger charge is 1.98. The van der Waals surface area contributed by atoms with E-state index < -0.39 is 0 Å². The number of alkyl halides is 1. The number of carbonyl (C=O) groups is 1. The van der Waals surface area contributed by atoms with E-state index in [0.29, 0.717) is 0 Å². The Labute approximate surface area is 121 Å². The minimum atomic E-state index is -0.129. The van der Waals surface area contributed by atoms with Crippen LogP contribution in [0.2, 0.25) is 0 Å². The Kier molecular flexibility index (Phi) is 4.93. The van der Waals surface area contributed by atoms with Gasteiger partial charge in [0, 0.05) is 17.1 Å². The summed E-state index contributed by atoms with van der Waals surface area (Å²) in [5, 5.41) is 3.61. The second-order valence-corrected chi connectivity index (χ2v) is 4.63. The summed E-state index contributed by atoms with van der Waals surface area (Å²) in [6.45, 7) is 0. The first-order chi connectivity index (χ1) is 9.28. The van der Waals surface area contributed by atoms with Gasteiger partial charge in [0.15, 0.2) is 0 Å². The lowest BCUT2D eigenvalue weighted by molar-refractivity contribution is -0.111. The summed E-state index contributed by atoms with van der Waals surface area (Å²) in [6, 6.07) is 17.5. The van der Waals surface area contributed by atoms with Crippen LogP contribution in [0.25, 0.3) is 6.08 Å². The van der Waals surface area contributed by atoms with E-state index >= 15 is 0 Å². The van der Waals surface area contributed by atoms with Crippen molar-refractivity contribution >= 4 is 33.6 Å². The van der Waals surface area contributed by atoms with Crippen molar-refractivity contribution in [2.45, 2.75) is 5.33 Å². The number of hydrogen-bond donors (Lipinski definition) is 1. The normalized spacial score (nSPS) is 10.6. The molecule has 0 spiro atoms. The molecule has 19 heavy (non-hydrogen) atoms. The van der Waals surface area contributed by atoms with Gasteiger partial charge in [0.25, 0.3) is 0 Å². The van der Waals surface area contributed by atoms with Crippen molar-refractivity contribution < 1.29 is 4.79 Å². The number of hydrogen-bond acceptors (Lipinski definition) is 1. The minimum absolute atomic E-state index is 0.129. The first-order valence-electron chi connectivity index (χ1n) is 5.97. The Balaban J connectivity index is 1.99. The molecule has 2 nitrogen and oxygen atoms in total. The Hall–Kier alpha value is -1.87. The van der Waals surface area contributed by atoms with Gasteiger partial charge in [-0.05, 0) is 29.3 Å². The van der Waals surface area contributed by atoms with Crippen molar-refractivity contribution in [3.63, 3.8) is 0 Å².